The first-order valence-electron chi connectivity index (χ1n) is 6.24. The highest BCUT2D eigenvalue weighted by atomic mass is 35.5. The van der Waals surface area contributed by atoms with Crippen LogP contribution >= 0.6 is 11.6 Å². The van der Waals surface area contributed by atoms with E-state index in [0.29, 0.717) is 11.6 Å². The molecule has 0 amide bonds. The minimum atomic E-state index is -0.226. The largest absolute Gasteiger partial charge is 0.379 e. The first-order chi connectivity index (χ1) is 9.02. The lowest BCUT2D eigenvalue weighted by Gasteiger charge is -2.11. The third-order valence-electron chi connectivity index (χ3n) is 3.09. The van der Waals surface area contributed by atoms with Crippen molar-refractivity contribution in [1.29, 1.82) is 0 Å². The van der Waals surface area contributed by atoms with Crippen LogP contribution in [0.1, 0.15) is 23.9 Å². The zero-order valence-electron chi connectivity index (χ0n) is 11.3. The van der Waals surface area contributed by atoms with E-state index in [2.05, 4.69) is 10.4 Å². The number of aromatic nitrogens is 2. The summed E-state index contributed by atoms with van der Waals surface area (Å²) in [5, 5.41) is 8.32. The summed E-state index contributed by atoms with van der Waals surface area (Å²) >= 11 is 6.24. The van der Waals surface area contributed by atoms with E-state index in [0.717, 1.165) is 29.2 Å². The van der Waals surface area contributed by atoms with Gasteiger partial charge in [-0.25, -0.2) is 4.39 Å². The highest BCUT2D eigenvalue weighted by Gasteiger charge is 2.12. The molecule has 2 rings (SSSR count). The first kappa shape index (κ1) is 13.9. The lowest BCUT2D eigenvalue weighted by molar-refractivity contribution is 0.621. The van der Waals surface area contributed by atoms with Crippen molar-refractivity contribution in [3.63, 3.8) is 0 Å². The van der Waals surface area contributed by atoms with Crippen LogP contribution in [0.5, 0.6) is 0 Å². The second-order valence-corrected chi connectivity index (χ2v) is 4.85. The zero-order valence-corrected chi connectivity index (χ0v) is 12.1. The minimum Gasteiger partial charge on any atom is -0.379 e. The summed E-state index contributed by atoms with van der Waals surface area (Å²) in [6, 6.07) is 4.68. The molecule has 0 aliphatic carbocycles. The van der Waals surface area contributed by atoms with Gasteiger partial charge in [-0.15, -0.1) is 0 Å². The highest BCUT2D eigenvalue weighted by Crippen LogP contribution is 2.22. The van der Waals surface area contributed by atoms with Crippen molar-refractivity contribution in [1.82, 2.24) is 9.78 Å². The Morgan fingerprint density at radius 2 is 2.11 bits per heavy atom. The molecular weight excluding hydrogens is 265 g/mol. The number of rotatable bonds is 4. The fourth-order valence-corrected chi connectivity index (χ4v) is 2.24. The number of aryl methyl sites for hydroxylation is 3. The molecule has 19 heavy (non-hydrogen) atoms. The number of halogens is 2. The van der Waals surface area contributed by atoms with Crippen LogP contribution in [0.4, 0.5) is 10.1 Å². The molecule has 0 atom stereocenters. The van der Waals surface area contributed by atoms with Gasteiger partial charge in [0.05, 0.1) is 23.0 Å². The monoisotopic (exact) mass is 281 g/mol. The molecule has 0 fully saturated rings. The number of benzene rings is 1. The van der Waals surface area contributed by atoms with Gasteiger partial charge in [0, 0.05) is 12.2 Å². The second-order valence-electron chi connectivity index (χ2n) is 4.47. The molecule has 0 unspecified atom stereocenters. The van der Waals surface area contributed by atoms with Crippen molar-refractivity contribution in [2.24, 2.45) is 0 Å². The molecule has 1 heterocycles. The molecule has 5 heteroatoms. The van der Waals surface area contributed by atoms with Crippen molar-refractivity contribution in [3.8, 4) is 0 Å². The fourth-order valence-electron chi connectivity index (χ4n) is 2.04. The van der Waals surface area contributed by atoms with Gasteiger partial charge in [-0.1, -0.05) is 11.6 Å². The van der Waals surface area contributed by atoms with E-state index in [1.807, 2.05) is 25.5 Å². The number of anilines is 1. The standard InChI is InChI=1S/C14H17ClFN3/c1-4-19-13(14(15)10(3)18-19)8-17-12-6-5-11(16)7-9(12)2/h5-7,17H,4,8H2,1-3H3. The molecule has 0 aliphatic heterocycles. The smallest absolute Gasteiger partial charge is 0.123 e. The molecule has 1 aromatic carbocycles. The predicted molar refractivity (Wildman–Crippen MR) is 76.1 cm³/mol. The van der Waals surface area contributed by atoms with Gasteiger partial charge < -0.3 is 5.32 Å². The number of nitrogens with zero attached hydrogens (tertiary/aromatic N) is 2. The average molecular weight is 282 g/mol. The molecule has 0 saturated carbocycles. The van der Waals surface area contributed by atoms with E-state index in [1.54, 1.807) is 6.07 Å². The normalized spacial score (nSPS) is 10.8. The van der Waals surface area contributed by atoms with E-state index in [-0.39, 0.29) is 5.82 Å². The summed E-state index contributed by atoms with van der Waals surface area (Å²) in [4.78, 5) is 0. The Hall–Kier alpha value is -1.55. The van der Waals surface area contributed by atoms with Crippen LogP contribution in [0.15, 0.2) is 18.2 Å². The molecule has 0 aliphatic rings. The Morgan fingerprint density at radius 1 is 1.37 bits per heavy atom. The second kappa shape index (κ2) is 5.61. The lowest BCUT2D eigenvalue weighted by Crippen LogP contribution is -2.09. The van der Waals surface area contributed by atoms with Gasteiger partial charge in [0.15, 0.2) is 0 Å². The first-order valence-corrected chi connectivity index (χ1v) is 6.62. The summed E-state index contributed by atoms with van der Waals surface area (Å²) in [5.74, 6) is -0.226. The van der Waals surface area contributed by atoms with Crippen molar-refractivity contribution >= 4 is 17.3 Å². The van der Waals surface area contributed by atoms with Gasteiger partial charge >= 0.3 is 0 Å². The molecule has 0 bridgehead atoms. The molecular formula is C14H17ClFN3. The third-order valence-corrected chi connectivity index (χ3v) is 3.58. The Balaban J connectivity index is 2.18. The van der Waals surface area contributed by atoms with Crippen molar-refractivity contribution in [2.75, 3.05) is 5.32 Å². The predicted octanol–water partition coefficient (Wildman–Crippen LogP) is 3.92. The average Bonchev–Trinajstić information content (AvgIpc) is 2.65. The van der Waals surface area contributed by atoms with Crippen LogP contribution in [-0.4, -0.2) is 9.78 Å². The van der Waals surface area contributed by atoms with Crippen LogP contribution in [0.2, 0.25) is 5.02 Å². The van der Waals surface area contributed by atoms with E-state index in [4.69, 9.17) is 11.6 Å². The summed E-state index contributed by atoms with van der Waals surface area (Å²) in [7, 11) is 0. The maximum absolute atomic E-state index is 13.0. The molecule has 0 spiro atoms. The van der Waals surface area contributed by atoms with Gasteiger partial charge in [-0.05, 0) is 44.5 Å². The third kappa shape index (κ3) is 2.89. The van der Waals surface area contributed by atoms with Gasteiger partial charge in [-0.3, -0.25) is 4.68 Å². The van der Waals surface area contributed by atoms with Gasteiger partial charge in [0.25, 0.3) is 0 Å². The molecule has 0 radical (unpaired) electrons. The summed E-state index contributed by atoms with van der Waals surface area (Å²) in [6.07, 6.45) is 0. The maximum Gasteiger partial charge on any atom is 0.123 e. The Labute approximate surface area is 117 Å². The van der Waals surface area contributed by atoms with Crippen LogP contribution in [-0.2, 0) is 13.1 Å². The Morgan fingerprint density at radius 3 is 2.74 bits per heavy atom. The van der Waals surface area contributed by atoms with E-state index in [9.17, 15) is 4.39 Å². The fraction of sp³-hybridized carbons (Fsp3) is 0.357. The maximum atomic E-state index is 13.0. The highest BCUT2D eigenvalue weighted by molar-refractivity contribution is 6.31. The van der Waals surface area contributed by atoms with E-state index in [1.165, 1.54) is 12.1 Å². The van der Waals surface area contributed by atoms with Crippen LogP contribution in [0, 0.1) is 19.7 Å². The van der Waals surface area contributed by atoms with Crippen molar-refractivity contribution in [2.45, 2.75) is 33.9 Å². The van der Waals surface area contributed by atoms with E-state index < -0.39 is 0 Å². The van der Waals surface area contributed by atoms with E-state index >= 15 is 0 Å². The van der Waals surface area contributed by atoms with Gasteiger partial charge in [-0.2, -0.15) is 5.10 Å². The summed E-state index contributed by atoms with van der Waals surface area (Å²) < 4.78 is 14.9. The SMILES string of the molecule is CCn1nc(C)c(Cl)c1CNc1ccc(F)cc1C. The Bertz CT molecular complexity index is 593. The zero-order chi connectivity index (χ0) is 14.0. The number of hydrogen-bond donors (Lipinski definition) is 1. The van der Waals surface area contributed by atoms with Crippen molar-refractivity contribution < 1.29 is 4.39 Å². The number of nitrogens with one attached hydrogen (secondary N) is 1. The molecule has 2 aromatic rings. The molecule has 1 aromatic heterocycles. The van der Waals surface area contributed by atoms with Gasteiger partial charge in [0.2, 0.25) is 0 Å². The molecule has 1 N–H and O–H groups in total. The molecule has 3 nitrogen and oxygen atoms in total. The molecule has 0 saturated heterocycles. The summed E-state index contributed by atoms with van der Waals surface area (Å²) in [6.45, 7) is 7.12. The van der Waals surface area contributed by atoms with Gasteiger partial charge in [0.1, 0.15) is 5.82 Å². The Kier molecular flexibility index (Phi) is 4.10. The summed E-state index contributed by atoms with van der Waals surface area (Å²) in [5.41, 5.74) is 3.55. The van der Waals surface area contributed by atoms with Crippen LogP contribution in [0.3, 0.4) is 0 Å². The van der Waals surface area contributed by atoms with Crippen LogP contribution < -0.4 is 5.32 Å². The topological polar surface area (TPSA) is 29.9 Å². The quantitative estimate of drug-likeness (QED) is 0.920. The van der Waals surface area contributed by atoms with Crippen molar-refractivity contribution in [3.05, 3.63) is 46.0 Å². The van der Waals surface area contributed by atoms with Crippen LogP contribution in [0.25, 0.3) is 0 Å². The molecule has 102 valence electrons. The number of hydrogen-bond acceptors (Lipinski definition) is 2. The lowest BCUT2D eigenvalue weighted by atomic mass is 10.2. The minimum absolute atomic E-state index is 0.226.